The molecule has 13 heavy (non-hydrogen) atoms. The Morgan fingerprint density at radius 3 is 2.46 bits per heavy atom. The molecule has 0 fully saturated rings. The van der Waals surface area contributed by atoms with E-state index in [1.54, 1.807) is 0 Å². The van der Waals surface area contributed by atoms with Gasteiger partial charge in [0.1, 0.15) is 4.90 Å². The van der Waals surface area contributed by atoms with Crippen molar-refractivity contribution >= 4 is 28.0 Å². The van der Waals surface area contributed by atoms with Crippen molar-refractivity contribution in [3.8, 4) is 0 Å². The van der Waals surface area contributed by atoms with Gasteiger partial charge in [0.25, 0.3) is 10.1 Å². The minimum atomic E-state index is -4.35. The zero-order chi connectivity index (χ0) is 10.1. The predicted octanol–water partition coefficient (Wildman–Crippen LogP) is 1.40. The zero-order valence-electron chi connectivity index (χ0n) is 6.27. The van der Waals surface area contributed by atoms with Crippen LogP contribution in [0, 0.1) is 0 Å². The van der Waals surface area contributed by atoms with Gasteiger partial charge in [0, 0.05) is 10.6 Å². The Labute approximate surface area is 79.9 Å². The number of rotatable bonds is 2. The maximum Gasteiger partial charge on any atom is 0.295 e. The van der Waals surface area contributed by atoms with Gasteiger partial charge in [0.2, 0.25) is 0 Å². The highest BCUT2D eigenvalue weighted by Gasteiger charge is 2.14. The van der Waals surface area contributed by atoms with Crippen LogP contribution in [0.3, 0.4) is 0 Å². The third-order valence-electron chi connectivity index (χ3n) is 1.38. The Bertz CT molecular complexity index is 438. The van der Waals surface area contributed by atoms with Crippen molar-refractivity contribution in [1.29, 1.82) is 0 Å². The maximum atomic E-state index is 10.7. The van der Waals surface area contributed by atoms with Crippen LogP contribution in [0.15, 0.2) is 23.1 Å². The minimum Gasteiger partial charge on any atom is -0.298 e. The molecule has 0 aliphatic carbocycles. The van der Waals surface area contributed by atoms with Crippen molar-refractivity contribution in [3.63, 3.8) is 0 Å². The van der Waals surface area contributed by atoms with Crippen LogP contribution in [0.2, 0.25) is 5.02 Å². The van der Waals surface area contributed by atoms with E-state index in [-0.39, 0.29) is 10.6 Å². The van der Waals surface area contributed by atoms with E-state index in [4.69, 9.17) is 16.2 Å². The first-order valence-electron chi connectivity index (χ1n) is 3.17. The Morgan fingerprint density at radius 2 is 2.00 bits per heavy atom. The lowest BCUT2D eigenvalue weighted by Crippen LogP contribution is -2.02. The van der Waals surface area contributed by atoms with E-state index >= 15 is 0 Å². The topological polar surface area (TPSA) is 71.4 Å². The third kappa shape index (κ3) is 2.27. The largest absolute Gasteiger partial charge is 0.298 e. The van der Waals surface area contributed by atoms with Crippen LogP contribution in [-0.2, 0) is 10.1 Å². The molecule has 0 unspecified atom stereocenters. The van der Waals surface area contributed by atoms with Gasteiger partial charge in [-0.15, -0.1) is 0 Å². The SMILES string of the molecule is O=Cc1cc(Cl)ccc1S(=O)(=O)O. The van der Waals surface area contributed by atoms with Crippen LogP contribution >= 0.6 is 11.6 Å². The second-order valence-electron chi connectivity index (χ2n) is 2.28. The van der Waals surface area contributed by atoms with E-state index in [0.717, 1.165) is 12.1 Å². The second-order valence-corrected chi connectivity index (χ2v) is 4.10. The molecule has 0 aromatic heterocycles. The average molecular weight is 221 g/mol. The standard InChI is InChI=1S/C7H5ClO4S/c8-6-1-2-7(13(10,11)12)5(3-6)4-9/h1-4H,(H,10,11,12). The highest BCUT2D eigenvalue weighted by atomic mass is 35.5. The Kier molecular flexibility index (Phi) is 2.70. The van der Waals surface area contributed by atoms with Gasteiger partial charge in [-0.3, -0.25) is 9.35 Å². The number of hydrogen-bond donors (Lipinski definition) is 1. The third-order valence-corrected chi connectivity index (χ3v) is 2.54. The molecular weight excluding hydrogens is 216 g/mol. The van der Waals surface area contributed by atoms with Gasteiger partial charge < -0.3 is 0 Å². The predicted molar refractivity (Wildman–Crippen MR) is 46.7 cm³/mol. The summed E-state index contributed by atoms with van der Waals surface area (Å²) < 4.78 is 30.0. The van der Waals surface area contributed by atoms with Crippen LogP contribution in [0.5, 0.6) is 0 Å². The van der Waals surface area contributed by atoms with E-state index in [1.807, 2.05) is 0 Å². The number of carbonyl (C=O) groups excluding carboxylic acids is 1. The molecule has 1 aromatic carbocycles. The molecule has 0 spiro atoms. The number of benzene rings is 1. The van der Waals surface area contributed by atoms with Crippen molar-refractivity contribution in [3.05, 3.63) is 28.8 Å². The lowest BCUT2D eigenvalue weighted by Gasteiger charge is -2.00. The summed E-state index contributed by atoms with van der Waals surface area (Å²) in [5.74, 6) is 0. The molecule has 0 saturated heterocycles. The van der Waals surface area contributed by atoms with Gasteiger partial charge in [-0.2, -0.15) is 8.42 Å². The van der Waals surface area contributed by atoms with Gasteiger partial charge in [-0.1, -0.05) is 11.6 Å². The van der Waals surface area contributed by atoms with Crippen LogP contribution in [0.25, 0.3) is 0 Å². The molecular formula is C7H5ClO4S. The molecule has 0 aliphatic rings. The first-order chi connectivity index (χ1) is 5.95. The van der Waals surface area contributed by atoms with Gasteiger partial charge in [-0.05, 0) is 18.2 Å². The fourth-order valence-corrected chi connectivity index (χ4v) is 1.67. The summed E-state index contributed by atoms with van der Waals surface area (Å²) >= 11 is 5.51. The lowest BCUT2D eigenvalue weighted by molar-refractivity contribution is 0.112. The van der Waals surface area contributed by atoms with Crippen molar-refractivity contribution in [2.24, 2.45) is 0 Å². The monoisotopic (exact) mass is 220 g/mol. The molecule has 0 aliphatic heterocycles. The summed E-state index contributed by atoms with van der Waals surface area (Å²) in [6.07, 6.45) is 0.314. The van der Waals surface area contributed by atoms with Crippen LogP contribution in [0.1, 0.15) is 10.4 Å². The minimum absolute atomic E-state index is 0.157. The van der Waals surface area contributed by atoms with E-state index in [0.29, 0.717) is 6.29 Å². The summed E-state index contributed by atoms with van der Waals surface area (Å²) in [7, 11) is -4.35. The summed E-state index contributed by atoms with van der Waals surface area (Å²) in [6, 6.07) is 3.51. The average Bonchev–Trinajstić information content (AvgIpc) is 2.01. The van der Waals surface area contributed by atoms with Gasteiger partial charge in [-0.25, -0.2) is 0 Å². The molecule has 0 heterocycles. The molecule has 4 nitrogen and oxygen atoms in total. The summed E-state index contributed by atoms with van der Waals surface area (Å²) in [6.45, 7) is 0. The quantitative estimate of drug-likeness (QED) is 0.604. The summed E-state index contributed by atoms with van der Waals surface area (Å²) in [5.41, 5.74) is -0.157. The molecule has 70 valence electrons. The smallest absolute Gasteiger partial charge is 0.295 e. The van der Waals surface area contributed by atoms with Crippen LogP contribution < -0.4 is 0 Å². The highest BCUT2D eigenvalue weighted by Crippen LogP contribution is 2.18. The Balaban J connectivity index is 3.47. The van der Waals surface area contributed by atoms with E-state index in [2.05, 4.69) is 0 Å². The van der Waals surface area contributed by atoms with Crippen LogP contribution in [-0.4, -0.2) is 19.3 Å². The normalized spacial score (nSPS) is 11.2. The molecule has 0 radical (unpaired) electrons. The van der Waals surface area contributed by atoms with Crippen LogP contribution in [0.4, 0.5) is 0 Å². The number of aldehydes is 1. The molecule has 6 heteroatoms. The van der Waals surface area contributed by atoms with Crippen molar-refractivity contribution in [2.75, 3.05) is 0 Å². The molecule has 1 rings (SSSR count). The van der Waals surface area contributed by atoms with Crippen molar-refractivity contribution in [2.45, 2.75) is 4.90 Å². The molecule has 0 bridgehead atoms. The fraction of sp³-hybridized carbons (Fsp3) is 0. The highest BCUT2D eigenvalue weighted by molar-refractivity contribution is 7.86. The Hall–Kier alpha value is -0.910. The van der Waals surface area contributed by atoms with Gasteiger partial charge in [0.05, 0.1) is 0 Å². The van der Waals surface area contributed by atoms with E-state index in [1.165, 1.54) is 6.07 Å². The molecule has 0 saturated carbocycles. The first-order valence-corrected chi connectivity index (χ1v) is 4.99. The summed E-state index contributed by atoms with van der Waals surface area (Å²) in [5, 5.41) is 0.231. The number of halogens is 1. The first kappa shape index (κ1) is 10.2. The molecule has 1 aromatic rings. The fourth-order valence-electron chi connectivity index (χ4n) is 0.846. The van der Waals surface area contributed by atoms with Gasteiger partial charge in [0.15, 0.2) is 6.29 Å². The molecule has 0 atom stereocenters. The lowest BCUT2D eigenvalue weighted by atomic mass is 10.2. The summed E-state index contributed by atoms with van der Waals surface area (Å²) in [4.78, 5) is 9.95. The maximum absolute atomic E-state index is 10.7. The molecule has 1 N–H and O–H groups in total. The van der Waals surface area contributed by atoms with E-state index in [9.17, 15) is 13.2 Å². The molecule has 0 amide bonds. The number of hydrogen-bond acceptors (Lipinski definition) is 3. The van der Waals surface area contributed by atoms with E-state index < -0.39 is 15.0 Å². The van der Waals surface area contributed by atoms with Gasteiger partial charge >= 0.3 is 0 Å². The number of carbonyl (C=O) groups is 1. The second kappa shape index (κ2) is 3.45. The Morgan fingerprint density at radius 1 is 1.38 bits per heavy atom. The zero-order valence-corrected chi connectivity index (χ0v) is 7.84. The van der Waals surface area contributed by atoms with Crippen molar-refractivity contribution in [1.82, 2.24) is 0 Å². The van der Waals surface area contributed by atoms with Crippen molar-refractivity contribution < 1.29 is 17.8 Å².